The summed E-state index contributed by atoms with van der Waals surface area (Å²) in [5.74, 6) is 0.714. The Morgan fingerprint density at radius 3 is 1.38 bits per heavy atom. The number of hydrogen-bond donors (Lipinski definition) is 0. The zero-order valence-corrected chi connectivity index (χ0v) is 22.4. The lowest BCUT2D eigenvalue weighted by atomic mass is 10.1. The first-order chi connectivity index (χ1) is 19.6. The Kier molecular flexibility index (Phi) is 7.00. The van der Waals surface area contributed by atoms with Crippen molar-refractivity contribution in [2.24, 2.45) is 0 Å². The zero-order valence-electron chi connectivity index (χ0n) is 21.5. The van der Waals surface area contributed by atoms with Crippen LogP contribution in [0.3, 0.4) is 0 Å². The molecule has 0 aliphatic heterocycles. The quantitative estimate of drug-likeness (QED) is 0.120. The molecule has 7 heteroatoms. The molecule has 194 valence electrons. The lowest BCUT2D eigenvalue weighted by molar-refractivity contribution is -0.384. The molecule has 0 saturated carbocycles. The minimum absolute atomic E-state index is 0.0134. The number of rotatable bonds is 8. The van der Waals surface area contributed by atoms with Crippen molar-refractivity contribution in [2.45, 2.75) is 6.16 Å². The van der Waals surface area contributed by atoms with Crippen LogP contribution in [0, 0.1) is 10.1 Å². The van der Waals surface area contributed by atoms with Gasteiger partial charge in [-0.15, -0.1) is 10.2 Å². The summed E-state index contributed by atoms with van der Waals surface area (Å²) in [5, 5.41) is 23.3. The lowest BCUT2D eigenvalue weighted by Crippen LogP contribution is -2.32. The van der Waals surface area contributed by atoms with Crippen molar-refractivity contribution in [3.8, 4) is 22.9 Å². The van der Waals surface area contributed by atoms with Crippen molar-refractivity contribution in [1.29, 1.82) is 0 Å². The largest absolute Gasteiger partial charge is 0.416 e. The number of hydrogen-bond acceptors (Lipinski definition) is 5. The van der Waals surface area contributed by atoms with Gasteiger partial charge in [0.05, 0.1) is 11.1 Å². The molecular weight excluding hydrogens is 517 g/mol. The van der Waals surface area contributed by atoms with E-state index in [4.69, 9.17) is 4.42 Å². The highest BCUT2D eigenvalue weighted by Crippen LogP contribution is 2.58. The van der Waals surface area contributed by atoms with Crippen LogP contribution < -0.4 is 15.9 Å². The molecule has 6 aromatic rings. The van der Waals surface area contributed by atoms with Gasteiger partial charge >= 0.3 is 0 Å². The van der Waals surface area contributed by atoms with Crippen LogP contribution in [0.4, 0.5) is 5.69 Å². The average Bonchev–Trinajstić information content (AvgIpc) is 3.52. The molecule has 0 aliphatic carbocycles. The van der Waals surface area contributed by atoms with Crippen LogP contribution in [0.2, 0.25) is 0 Å². The Morgan fingerprint density at radius 2 is 0.975 bits per heavy atom. The van der Waals surface area contributed by atoms with E-state index in [2.05, 4.69) is 113 Å². The third-order valence-electron chi connectivity index (χ3n) is 6.96. The Hall–Kier alpha value is -4.93. The smallest absolute Gasteiger partial charge is 0.269 e. The molecule has 0 N–H and O–H groups in total. The topological polar surface area (TPSA) is 82.1 Å². The fourth-order valence-electron chi connectivity index (χ4n) is 4.98. The predicted octanol–water partition coefficient (Wildman–Crippen LogP) is 6.81. The second-order valence-electron chi connectivity index (χ2n) is 9.39. The molecule has 0 aliphatic rings. The summed E-state index contributed by atoms with van der Waals surface area (Å²) in [6.07, 6.45) is 0.864. The molecule has 0 unspecified atom stereocenters. The molecule has 6 rings (SSSR count). The summed E-state index contributed by atoms with van der Waals surface area (Å²) in [6.45, 7) is 0. The van der Waals surface area contributed by atoms with Gasteiger partial charge in [-0.3, -0.25) is 10.1 Å². The highest BCUT2D eigenvalue weighted by atomic mass is 31.2. The Morgan fingerprint density at radius 1 is 0.575 bits per heavy atom. The summed E-state index contributed by atoms with van der Waals surface area (Å²) in [5.41, 5.74) is 2.67. The first kappa shape index (κ1) is 25.4. The van der Waals surface area contributed by atoms with Gasteiger partial charge in [0.25, 0.3) is 5.69 Å². The van der Waals surface area contributed by atoms with Crippen LogP contribution in [0.15, 0.2) is 144 Å². The molecular formula is C33H25N3O3P+. The van der Waals surface area contributed by atoms with Gasteiger partial charge in [0.15, 0.2) is 0 Å². The maximum Gasteiger partial charge on any atom is 0.269 e. The first-order valence-electron chi connectivity index (χ1n) is 12.9. The van der Waals surface area contributed by atoms with Crippen LogP contribution in [0.1, 0.15) is 5.56 Å². The van der Waals surface area contributed by atoms with Gasteiger partial charge in [0.1, 0.15) is 23.2 Å². The van der Waals surface area contributed by atoms with Crippen molar-refractivity contribution < 1.29 is 9.34 Å². The Balaban J connectivity index is 1.35. The molecule has 40 heavy (non-hydrogen) atoms. The van der Waals surface area contributed by atoms with Crippen LogP contribution in [0.5, 0.6) is 0 Å². The van der Waals surface area contributed by atoms with E-state index in [1.165, 1.54) is 33.6 Å². The van der Waals surface area contributed by atoms with Gasteiger partial charge in [-0.2, -0.15) is 0 Å². The Labute approximate surface area is 232 Å². The van der Waals surface area contributed by atoms with E-state index in [1.807, 2.05) is 12.1 Å². The predicted molar refractivity (Wildman–Crippen MR) is 161 cm³/mol. The van der Waals surface area contributed by atoms with E-state index in [1.54, 1.807) is 12.1 Å². The first-order valence-corrected chi connectivity index (χ1v) is 14.8. The van der Waals surface area contributed by atoms with Crippen LogP contribution in [-0.4, -0.2) is 15.1 Å². The van der Waals surface area contributed by atoms with Crippen molar-refractivity contribution >= 4 is 28.9 Å². The van der Waals surface area contributed by atoms with Crippen LogP contribution >= 0.6 is 7.26 Å². The summed E-state index contributed by atoms with van der Waals surface area (Å²) < 4.78 is 5.92. The van der Waals surface area contributed by atoms with Crippen molar-refractivity contribution in [2.75, 3.05) is 0 Å². The molecule has 6 nitrogen and oxygen atoms in total. The highest BCUT2D eigenvalue weighted by Gasteiger charge is 2.45. The van der Waals surface area contributed by atoms with Crippen LogP contribution in [0.25, 0.3) is 22.9 Å². The molecule has 0 saturated heterocycles. The summed E-state index contributed by atoms with van der Waals surface area (Å²) in [4.78, 5) is 10.5. The third kappa shape index (κ3) is 4.93. The third-order valence-corrected chi connectivity index (χ3v) is 11.3. The lowest BCUT2D eigenvalue weighted by Gasteiger charge is -2.27. The number of nitro groups is 1. The van der Waals surface area contributed by atoms with Crippen molar-refractivity contribution in [1.82, 2.24) is 10.2 Å². The fourth-order valence-corrected chi connectivity index (χ4v) is 9.22. The normalized spacial score (nSPS) is 11.3. The van der Waals surface area contributed by atoms with Gasteiger partial charge in [0.2, 0.25) is 11.8 Å². The van der Waals surface area contributed by atoms with E-state index in [0.29, 0.717) is 17.3 Å². The molecule has 0 atom stereocenters. The van der Waals surface area contributed by atoms with E-state index < -0.39 is 12.2 Å². The van der Waals surface area contributed by atoms with Crippen molar-refractivity contribution in [3.05, 3.63) is 155 Å². The monoisotopic (exact) mass is 542 g/mol. The van der Waals surface area contributed by atoms with E-state index in [-0.39, 0.29) is 5.69 Å². The van der Waals surface area contributed by atoms with E-state index >= 15 is 0 Å². The summed E-state index contributed by atoms with van der Waals surface area (Å²) in [6, 6.07) is 46.8. The van der Waals surface area contributed by atoms with E-state index in [0.717, 1.165) is 11.7 Å². The van der Waals surface area contributed by atoms with Gasteiger partial charge in [0, 0.05) is 23.3 Å². The number of non-ortho nitro benzene ring substituents is 1. The zero-order chi connectivity index (χ0) is 27.4. The van der Waals surface area contributed by atoms with Gasteiger partial charge < -0.3 is 4.42 Å². The molecule has 0 radical (unpaired) electrons. The van der Waals surface area contributed by atoms with Gasteiger partial charge in [-0.05, 0) is 66.2 Å². The molecule has 1 heterocycles. The number of aromatic nitrogens is 2. The SMILES string of the molecule is O=[N+]([O-])c1ccc(-c2nnc(-c3ccc(C[P+](c4ccccc4)(c4ccccc4)c4ccccc4)cc3)o2)cc1. The van der Waals surface area contributed by atoms with Crippen LogP contribution in [-0.2, 0) is 6.16 Å². The van der Waals surface area contributed by atoms with Gasteiger partial charge in [-0.1, -0.05) is 66.7 Å². The number of nitrogens with zero attached hydrogens (tertiary/aromatic N) is 3. The fraction of sp³-hybridized carbons (Fsp3) is 0.0303. The highest BCUT2D eigenvalue weighted by molar-refractivity contribution is 7.95. The van der Waals surface area contributed by atoms with E-state index in [9.17, 15) is 10.1 Å². The molecule has 0 amide bonds. The average molecular weight is 543 g/mol. The maximum atomic E-state index is 11.0. The number of benzene rings is 5. The molecule has 1 aromatic heterocycles. The maximum absolute atomic E-state index is 11.0. The number of nitro benzene ring substituents is 1. The molecule has 0 bridgehead atoms. The van der Waals surface area contributed by atoms with Crippen molar-refractivity contribution in [3.63, 3.8) is 0 Å². The summed E-state index contributed by atoms with van der Waals surface area (Å²) >= 11 is 0. The molecule has 5 aromatic carbocycles. The summed E-state index contributed by atoms with van der Waals surface area (Å²) in [7, 11) is -2.01. The minimum Gasteiger partial charge on any atom is -0.416 e. The molecule has 0 fully saturated rings. The second-order valence-corrected chi connectivity index (χ2v) is 12.9. The Bertz CT molecular complexity index is 1630. The van der Waals surface area contributed by atoms with Gasteiger partial charge in [-0.25, -0.2) is 0 Å². The standard InChI is InChI=1S/C33H25N3O3P/c37-36(38)28-22-20-27(21-23-28)33-35-34-32(39-33)26-18-16-25(17-19-26)24-40(29-10-4-1-5-11-29,30-12-6-2-7-13-30)31-14-8-3-9-15-31/h1-23H,24H2/q+1. The molecule has 0 spiro atoms. The second kappa shape index (κ2) is 11.0. The minimum atomic E-state index is -2.01.